The van der Waals surface area contributed by atoms with Crippen LogP contribution in [0, 0.1) is 18.8 Å². The van der Waals surface area contributed by atoms with Crippen molar-refractivity contribution in [3.8, 4) is 5.69 Å². The Morgan fingerprint density at radius 1 is 1.00 bits per heavy atom. The predicted octanol–water partition coefficient (Wildman–Crippen LogP) is 4.24. The molecular formula is C20H27N5. The zero-order valence-electron chi connectivity index (χ0n) is 15.8. The Kier molecular flexibility index (Phi) is 5.02. The summed E-state index contributed by atoms with van der Waals surface area (Å²) in [6.07, 6.45) is 3.50. The Morgan fingerprint density at radius 2 is 1.72 bits per heavy atom. The molecule has 1 aromatic carbocycles. The van der Waals surface area contributed by atoms with Gasteiger partial charge in [0.2, 0.25) is 0 Å². The maximum absolute atomic E-state index is 4.66. The molecule has 0 N–H and O–H groups in total. The maximum Gasteiger partial charge on any atom is 0.170 e. The van der Waals surface area contributed by atoms with Gasteiger partial charge in [0.15, 0.2) is 17.0 Å². The number of hydrogen-bond acceptors (Lipinski definition) is 4. The summed E-state index contributed by atoms with van der Waals surface area (Å²) < 4.78 is 2.04. The minimum atomic E-state index is 0.558. The van der Waals surface area contributed by atoms with Crippen molar-refractivity contribution in [2.75, 3.05) is 18.0 Å². The smallest absolute Gasteiger partial charge is 0.170 e. The first-order chi connectivity index (χ1) is 12.0. The fraction of sp³-hybridized carbons (Fsp3) is 0.450. The van der Waals surface area contributed by atoms with Crippen molar-refractivity contribution in [1.29, 1.82) is 0 Å². The number of rotatable bonds is 6. The SMILES string of the molecule is Cc1cccc(-n2cnc3c(N(CC(C)C)CC(C)C)ncnc32)c1. The van der Waals surface area contributed by atoms with Gasteiger partial charge in [-0.05, 0) is 36.5 Å². The third kappa shape index (κ3) is 3.81. The summed E-state index contributed by atoms with van der Waals surface area (Å²) in [5.74, 6) is 2.05. The van der Waals surface area contributed by atoms with Crippen LogP contribution < -0.4 is 4.90 Å². The summed E-state index contributed by atoms with van der Waals surface area (Å²) in [7, 11) is 0. The van der Waals surface area contributed by atoms with E-state index in [1.807, 2.05) is 10.9 Å². The molecule has 132 valence electrons. The molecule has 0 atom stereocenters. The van der Waals surface area contributed by atoms with Crippen LogP contribution in [0.3, 0.4) is 0 Å². The van der Waals surface area contributed by atoms with Gasteiger partial charge in [-0.3, -0.25) is 4.57 Å². The number of imidazole rings is 1. The highest BCUT2D eigenvalue weighted by Crippen LogP contribution is 2.25. The van der Waals surface area contributed by atoms with Crippen molar-refractivity contribution >= 4 is 17.0 Å². The fourth-order valence-electron chi connectivity index (χ4n) is 3.15. The average Bonchev–Trinajstić information content (AvgIpc) is 2.97. The van der Waals surface area contributed by atoms with Crippen molar-refractivity contribution in [3.63, 3.8) is 0 Å². The Balaban J connectivity index is 2.08. The summed E-state index contributed by atoms with van der Waals surface area (Å²) in [6, 6.07) is 8.37. The standard InChI is InChI=1S/C20H27N5/c1-14(2)10-24(11-15(3)4)19-18-20(22-12-21-19)25(13-23-18)17-8-6-7-16(5)9-17/h6-9,12-15H,10-11H2,1-5H3. The molecule has 5 nitrogen and oxygen atoms in total. The van der Waals surface area contributed by atoms with Gasteiger partial charge in [0.1, 0.15) is 12.7 Å². The lowest BCUT2D eigenvalue weighted by atomic mass is 10.1. The Bertz CT molecular complexity index is 840. The first kappa shape index (κ1) is 17.4. The molecule has 0 amide bonds. The van der Waals surface area contributed by atoms with Crippen molar-refractivity contribution in [2.24, 2.45) is 11.8 Å². The maximum atomic E-state index is 4.66. The number of aryl methyl sites for hydroxylation is 1. The molecule has 0 unspecified atom stereocenters. The first-order valence-electron chi connectivity index (χ1n) is 8.95. The van der Waals surface area contributed by atoms with Crippen LogP contribution in [0.25, 0.3) is 16.9 Å². The Labute approximate surface area is 149 Å². The van der Waals surface area contributed by atoms with Gasteiger partial charge < -0.3 is 4.90 Å². The lowest BCUT2D eigenvalue weighted by molar-refractivity contribution is 0.549. The molecule has 2 aromatic heterocycles. The molecule has 0 fully saturated rings. The molecule has 0 aliphatic heterocycles. The number of hydrogen-bond donors (Lipinski definition) is 0. The van der Waals surface area contributed by atoms with Gasteiger partial charge in [-0.15, -0.1) is 0 Å². The lowest BCUT2D eigenvalue weighted by Crippen LogP contribution is -2.32. The average molecular weight is 337 g/mol. The van der Waals surface area contributed by atoms with Crippen LogP contribution in [-0.2, 0) is 0 Å². The number of nitrogens with zero attached hydrogens (tertiary/aromatic N) is 5. The van der Waals surface area contributed by atoms with E-state index in [4.69, 9.17) is 0 Å². The molecule has 0 aliphatic carbocycles. The summed E-state index contributed by atoms with van der Waals surface area (Å²) in [5.41, 5.74) is 4.01. The summed E-state index contributed by atoms with van der Waals surface area (Å²) in [6.45, 7) is 12.9. The molecule has 5 heteroatoms. The molecule has 3 rings (SSSR count). The summed E-state index contributed by atoms with van der Waals surface area (Å²) in [4.78, 5) is 16.1. The van der Waals surface area contributed by atoms with E-state index in [2.05, 4.69) is 78.7 Å². The van der Waals surface area contributed by atoms with E-state index < -0.39 is 0 Å². The molecular weight excluding hydrogens is 310 g/mol. The van der Waals surface area contributed by atoms with Crippen LogP contribution in [0.1, 0.15) is 33.3 Å². The molecule has 25 heavy (non-hydrogen) atoms. The van der Waals surface area contributed by atoms with Crippen molar-refractivity contribution < 1.29 is 0 Å². The quantitative estimate of drug-likeness (QED) is 0.675. The molecule has 0 bridgehead atoms. The monoisotopic (exact) mass is 337 g/mol. The second-order valence-corrected chi connectivity index (χ2v) is 7.52. The summed E-state index contributed by atoms with van der Waals surface area (Å²) in [5, 5.41) is 0. The van der Waals surface area contributed by atoms with Gasteiger partial charge in [0.25, 0.3) is 0 Å². The van der Waals surface area contributed by atoms with Crippen LogP contribution in [0.5, 0.6) is 0 Å². The van der Waals surface area contributed by atoms with E-state index in [1.165, 1.54) is 5.56 Å². The largest absolute Gasteiger partial charge is 0.354 e. The molecule has 0 saturated carbocycles. The van der Waals surface area contributed by atoms with Gasteiger partial charge in [-0.1, -0.05) is 39.8 Å². The zero-order chi connectivity index (χ0) is 18.0. The van der Waals surface area contributed by atoms with Crippen molar-refractivity contribution in [3.05, 3.63) is 42.5 Å². The third-order valence-electron chi connectivity index (χ3n) is 4.06. The zero-order valence-corrected chi connectivity index (χ0v) is 15.8. The Hall–Kier alpha value is -2.43. The highest BCUT2D eigenvalue weighted by Gasteiger charge is 2.18. The molecule has 0 spiro atoms. The van der Waals surface area contributed by atoms with Crippen LogP contribution in [0.15, 0.2) is 36.9 Å². The third-order valence-corrected chi connectivity index (χ3v) is 4.06. The second kappa shape index (κ2) is 7.21. The van der Waals surface area contributed by atoms with Crippen LogP contribution in [0.2, 0.25) is 0 Å². The van der Waals surface area contributed by atoms with Gasteiger partial charge in [-0.25, -0.2) is 15.0 Å². The molecule has 0 aliphatic rings. The molecule has 3 aromatic rings. The van der Waals surface area contributed by atoms with Gasteiger partial charge in [-0.2, -0.15) is 0 Å². The van der Waals surface area contributed by atoms with Crippen LogP contribution >= 0.6 is 0 Å². The van der Waals surface area contributed by atoms with E-state index in [0.717, 1.165) is 35.8 Å². The normalized spacial score (nSPS) is 11.6. The predicted molar refractivity (Wildman–Crippen MR) is 103 cm³/mol. The minimum Gasteiger partial charge on any atom is -0.354 e. The van der Waals surface area contributed by atoms with Crippen LogP contribution in [0.4, 0.5) is 5.82 Å². The number of anilines is 1. The highest BCUT2D eigenvalue weighted by atomic mass is 15.2. The van der Waals surface area contributed by atoms with E-state index in [-0.39, 0.29) is 0 Å². The van der Waals surface area contributed by atoms with Crippen molar-refractivity contribution in [1.82, 2.24) is 19.5 Å². The van der Waals surface area contributed by atoms with E-state index >= 15 is 0 Å². The van der Waals surface area contributed by atoms with Crippen LogP contribution in [-0.4, -0.2) is 32.6 Å². The highest BCUT2D eigenvalue weighted by molar-refractivity contribution is 5.84. The number of fused-ring (bicyclic) bond motifs is 1. The summed E-state index contributed by atoms with van der Waals surface area (Å²) >= 11 is 0. The van der Waals surface area contributed by atoms with Gasteiger partial charge in [0.05, 0.1) is 0 Å². The van der Waals surface area contributed by atoms with Gasteiger partial charge >= 0.3 is 0 Å². The lowest BCUT2D eigenvalue weighted by Gasteiger charge is -2.27. The van der Waals surface area contributed by atoms with E-state index in [9.17, 15) is 0 Å². The second-order valence-electron chi connectivity index (χ2n) is 7.52. The minimum absolute atomic E-state index is 0.558. The number of aromatic nitrogens is 4. The first-order valence-corrected chi connectivity index (χ1v) is 8.95. The van der Waals surface area contributed by atoms with E-state index in [0.29, 0.717) is 11.8 Å². The molecule has 2 heterocycles. The van der Waals surface area contributed by atoms with Crippen molar-refractivity contribution in [2.45, 2.75) is 34.6 Å². The fourth-order valence-corrected chi connectivity index (χ4v) is 3.15. The number of benzene rings is 1. The topological polar surface area (TPSA) is 46.8 Å². The molecule has 0 radical (unpaired) electrons. The van der Waals surface area contributed by atoms with Gasteiger partial charge in [0, 0.05) is 18.8 Å². The molecule has 0 saturated heterocycles. The Morgan fingerprint density at radius 3 is 2.36 bits per heavy atom. The van der Waals surface area contributed by atoms with E-state index in [1.54, 1.807) is 6.33 Å².